The molecule has 6 rings (SSSR count). The molecule has 0 saturated heterocycles. The van der Waals surface area contributed by atoms with Gasteiger partial charge in [0.2, 0.25) is 0 Å². The second kappa shape index (κ2) is 8.91. The highest BCUT2D eigenvalue weighted by atomic mass is 32.1. The van der Waals surface area contributed by atoms with Crippen LogP contribution in [0.1, 0.15) is 34.7 Å². The number of thiazole rings is 1. The highest BCUT2D eigenvalue weighted by molar-refractivity contribution is 7.07. The Bertz CT molecular complexity index is 1720. The number of aromatic nitrogens is 1. The molecule has 1 aliphatic carbocycles. The van der Waals surface area contributed by atoms with E-state index in [0.29, 0.717) is 20.8 Å². The van der Waals surface area contributed by atoms with Crippen molar-refractivity contribution in [1.29, 1.82) is 0 Å². The summed E-state index contributed by atoms with van der Waals surface area (Å²) < 4.78 is 27.4. The van der Waals surface area contributed by atoms with Gasteiger partial charge < -0.3 is 9.47 Å². The number of hydrogen-bond donors (Lipinski definition) is 0. The number of hydrogen-bond acceptors (Lipinski definition) is 5. The zero-order valence-corrected chi connectivity index (χ0v) is 20.6. The summed E-state index contributed by atoms with van der Waals surface area (Å²) >= 11 is 1.34. The molecule has 0 fully saturated rings. The molecule has 0 saturated carbocycles. The molecule has 0 amide bonds. The van der Waals surface area contributed by atoms with Crippen molar-refractivity contribution in [2.45, 2.75) is 18.9 Å². The van der Waals surface area contributed by atoms with Crippen molar-refractivity contribution < 1.29 is 13.9 Å². The largest absolute Gasteiger partial charge is 0.493 e. The fraction of sp³-hybridized carbons (Fsp3) is 0.172. The number of nitrogens with zero attached hydrogens (tertiary/aromatic N) is 2. The van der Waals surface area contributed by atoms with Gasteiger partial charge in [0.15, 0.2) is 16.3 Å². The molecule has 0 bridgehead atoms. The first-order chi connectivity index (χ1) is 17.6. The molecule has 4 aromatic rings. The normalized spacial score (nSPS) is 16.6. The molecule has 7 heteroatoms. The van der Waals surface area contributed by atoms with Gasteiger partial charge in [-0.25, -0.2) is 9.38 Å². The van der Waals surface area contributed by atoms with E-state index >= 15 is 0 Å². The van der Waals surface area contributed by atoms with E-state index in [2.05, 4.69) is 12.1 Å². The summed E-state index contributed by atoms with van der Waals surface area (Å²) in [6.45, 7) is 0. The molecule has 0 radical (unpaired) electrons. The van der Waals surface area contributed by atoms with Crippen LogP contribution in [0.3, 0.4) is 0 Å². The number of halogens is 1. The zero-order valence-electron chi connectivity index (χ0n) is 19.8. The van der Waals surface area contributed by atoms with Crippen LogP contribution in [0.15, 0.2) is 82.1 Å². The third-order valence-corrected chi connectivity index (χ3v) is 7.73. The molecule has 1 aromatic heterocycles. The first-order valence-corrected chi connectivity index (χ1v) is 12.5. The van der Waals surface area contributed by atoms with Crippen LogP contribution in [0.2, 0.25) is 0 Å². The monoisotopic (exact) mass is 498 g/mol. The topological polar surface area (TPSA) is 52.8 Å². The molecule has 3 aromatic carbocycles. The predicted octanol–water partition coefficient (Wildman–Crippen LogP) is 4.48. The Kier molecular flexibility index (Phi) is 5.57. The van der Waals surface area contributed by atoms with Crippen LogP contribution in [-0.2, 0) is 6.42 Å². The summed E-state index contributed by atoms with van der Waals surface area (Å²) in [6.07, 6.45) is 3.45. The second-order valence-corrected chi connectivity index (χ2v) is 9.79. The van der Waals surface area contributed by atoms with E-state index in [4.69, 9.17) is 14.5 Å². The Morgan fingerprint density at radius 3 is 2.64 bits per heavy atom. The Hall–Kier alpha value is -3.97. The van der Waals surface area contributed by atoms with Crippen molar-refractivity contribution in [2.24, 2.45) is 4.99 Å². The molecule has 0 unspecified atom stereocenters. The van der Waals surface area contributed by atoms with E-state index < -0.39 is 6.04 Å². The smallest absolute Gasteiger partial charge is 0.271 e. The lowest BCUT2D eigenvalue weighted by Crippen LogP contribution is -2.38. The molecular formula is C29H23FN2O3S. The first-order valence-electron chi connectivity index (χ1n) is 11.7. The van der Waals surface area contributed by atoms with Crippen LogP contribution in [0.5, 0.6) is 11.5 Å². The van der Waals surface area contributed by atoms with Gasteiger partial charge in [-0.15, -0.1) is 0 Å². The molecule has 5 nitrogen and oxygen atoms in total. The van der Waals surface area contributed by atoms with Crippen molar-refractivity contribution in [3.8, 4) is 11.5 Å². The molecule has 2 aliphatic rings. The maximum Gasteiger partial charge on any atom is 0.271 e. The average Bonchev–Trinajstić information content (AvgIpc) is 3.21. The molecule has 2 heterocycles. The fourth-order valence-electron chi connectivity index (χ4n) is 5.09. The second-order valence-electron chi connectivity index (χ2n) is 8.78. The number of rotatable bonds is 4. The predicted molar refractivity (Wildman–Crippen MR) is 139 cm³/mol. The molecule has 1 aliphatic heterocycles. The lowest BCUT2D eigenvalue weighted by molar-refractivity contribution is 0.355. The van der Waals surface area contributed by atoms with Crippen LogP contribution < -0.4 is 24.4 Å². The van der Waals surface area contributed by atoms with Crippen molar-refractivity contribution in [3.05, 3.63) is 120 Å². The van der Waals surface area contributed by atoms with E-state index in [9.17, 15) is 9.18 Å². The van der Waals surface area contributed by atoms with Crippen LogP contribution in [0.25, 0.3) is 11.8 Å². The Labute approximate surface area is 211 Å². The van der Waals surface area contributed by atoms with Gasteiger partial charge in [-0.1, -0.05) is 53.8 Å². The van der Waals surface area contributed by atoms with Gasteiger partial charge in [0.05, 0.1) is 30.5 Å². The van der Waals surface area contributed by atoms with Crippen LogP contribution in [0, 0.1) is 5.82 Å². The van der Waals surface area contributed by atoms with Gasteiger partial charge >= 0.3 is 0 Å². The molecule has 1 atom stereocenters. The fourth-order valence-corrected chi connectivity index (χ4v) is 6.09. The third-order valence-electron chi connectivity index (χ3n) is 6.74. The number of allylic oxidation sites excluding steroid dienone is 1. The number of benzene rings is 3. The molecule has 0 spiro atoms. The first kappa shape index (κ1) is 22.5. The van der Waals surface area contributed by atoms with Crippen molar-refractivity contribution in [2.75, 3.05) is 14.2 Å². The van der Waals surface area contributed by atoms with Gasteiger partial charge in [0, 0.05) is 5.56 Å². The van der Waals surface area contributed by atoms with E-state index in [1.165, 1.54) is 29.0 Å². The molecule has 36 heavy (non-hydrogen) atoms. The summed E-state index contributed by atoms with van der Waals surface area (Å²) in [7, 11) is 3.17. The number of ether oxygens (including phenoxy) is 2. The van der Waals surface area contributed by atoms with Crippen LogP contribution >= 0.6 is 11.3 Å². The van der Waals surface area contributed by atoms with Gasteiger partial charge in [0.1, 0.15) is 5.82 Å². The highest BCUT2D eigenvalue weighted by Crippen LogP contribution is 2.41. The SMILES string of the molecule is COc1ccc(C=c2sc3n(c2=O)[C@H](c2cccc(F)c2)C2=C(N=3)c3ccccc3CC2)cc1OC. The summed E-state index contributed by atoms with van der Waals surface area (Å²) in [5, 5.41) is 0. The van der Waals surface area contributed by atoms with Crippen molar-refractivity contribution in [3.63, 3.8) is 0 Å². The summed E-state index contributed by atoms with van der Waals surface area (Å²) in [4.78, 5) is 19.4. The van der Waals surface area contributed by atoms with Crippen molar-refractivity contribution in [1.82, 2.24) is 4.57 Å². The maximum atomic E-state index is 14.3. The van der Waals surface area contributed by atoms with E-state index in [0.717, 1.165) is 40.8 Å². The lowest BCUT2D eigenvalue weighted by atomic mass is 9.83. The van der Waals surface area contributed by atoms with Crippen LogP contribution in [0.4, 0.5) is 4.39 Å². The van der Waals surface area contributed by atoms with Crippen molar-refractivity contribution >= 4 is 23.1 Å². The summed E-state index contributed by atoms with van der Waals surface area (Å²) in [5.74, 6) is 0.882. The third kappa shape index (κ3) is 3.67. The van der Waals surface area contributed by atoms with E-state index in [-0.39, 0.29) is 11.4 Å². The molecular weight excluding hydrogens is 475 g/mol. The Morgan fingerprint density at radius 1 is 1.00 bits per heavy atom. The van der Waals surface area contributed by atoms with E-state index in [1.807, 2.05) is 42.5 Å². The number of fused-ring (bicyclic) bond motifs is 3. The minimum absolute atomic E-state index is 0.145. The standard InChI is InChI=1S/C29H23FN2O3S/c1-34-23-13-10-17(14-24(23)35-2)15-25-28(33)32-27(19-7-5-8-20(30)16-19)22-12-11-18-6-3-4-9-21(18)26(22)31-29(32)36-25/h3-10,13-16,27H,11-12H2,1-2H3/t27-/m1/s1. The maximum absolute atomic E-state index is 14.3. The summed E-state index contributed by atoms with van der Waals surface area (Å²) in [5.41, 5.74) is 5.67. The Balaban J connectivity index is 1.59. The minimum atomic E-state index is -0.409. The molecule has 180 valence electrons. The van der Waals surface area contributed by atoms with Gasteiger partial charge in [-0.2, -0.15) is 0 Å². The van der Waals surface area contributed by atoms with Crippen LogP contribution in [-0.4, -0.2) is 18.8 Å². The molecule has 0 N–H and O–H groups in total. The average molecular weight is 499 g/mol. The van der Waals surface area contributed by atoms with Gasteiger partial charge in [-0.3, -0.25) is 9.36 Å². The quantitative estimate of drug-likeness (QED) is 0.417. The van der Waals surface area contributed by atoms with E-state index in [1.54, 1.807) is 24.9 Å². The Morgan fingerprint density at radius 2 is 1.83 bits per heavy atom. The van der Waals surface area contributed by atoms with Gasteiger partial charge in [0.25, 0.3) is 5.56 Å². The van der Waals surface area contributed by atoms with Gasteiger partial charge in [-0.05, 0) is 65.4 Å². The number of aryl methyl sites for hydroxylation is 1. The minimum Gasteiger partial charge on any atom is -0.493 e. The highest BCUT2D eigenvalue weighted by Gasteiger charge is 2.32. The zero-order chi connectivity index (χ0) is 24.8. The number of methoxy groups -OCH3 is 2. The summed E-state index contributed by atoms with van der Waals surface area (Å²) in [6, 6.07) is 19.9. The lowest BCUT2D eigenvalue weighted by Gasteiger charge is -2.30.